The Morgan fingerprint density at radius 2 is 2.14 bits per heavy atom. The summed E-state index contributed by atoms with van der Waals surface area (Å²) in [7, 11) is 0. The Bertz CT molecular complexity index is 834. The summed E-state index contributed by atoms with van der Waals surface area (Å²) in [5.41, 5.74) is 8.19. The van der Waals surface area contributed by atoms with Gasteiger partial charge in [-0.2, -0.15) is 5.10 Å². The van der Waals surface area contributed by atoms with Crippen LogP contribution in [-0.2, 0) is 6.42 Å². The maximum absolute atomic E-state index is 11.6. The number of rotatable bonds is 3. The summed E-state index contributed by atoms with van der Waals surface area (Å²) < 4.78 is 1.59. The van der Waals surface area contributed by atoms with Crippen LogP contribution in [0.2, 0.25) is 0 Å². The zero-order valence-electron chi connectivity index (χ0n) is 11.6. The van der Waals surface area contributed by atoms with Crippen molar-refractivity contribution in [3.8, 4) is 16.9 Å². The highest BCUT2D eigenvalue weighted by atomic mass is 16.1. The van der Waals surface area contributed by atoms with E-state index in [0.717, 1.165) is 11.1 Å². The lowest BCUT2D eigenvalue weighted by Gasteiger charge is -2.02. The lowest BCUT2D eigenvalue weighted by molar-refractivity contribution is 0.806. The average molecular weight is 281 g/mol. The number of hydrogen-bond acceptors (Lipinski definition) is 4. The summed E-state index contributed by atoms with van der Waals surface area (Å²) in [6, 6.07) is 8.99. The molecule has 21 heavy (non-hydrogen) atoms. The van der Waals surface area contributed by atoms with Gasteiger partial charge in [-0.15, -0.1) is 0 Å². The fraction of sp³-hybridized carbons (Fsp3) is 0.133. The highest BCUT2D eigenvalue weighted by molar-refractivity contribution is 5.66. The number of nitrogen functional groups attached to an aromatic ring is 1. The highest BCUT2D eigenvalue weighted by Gasteiger charge is 2.06. The minimum absolute atomic E-state index is 0.183. The Hall–Kier alpha value is -2.89. The molecule has 0 bridgehead atoms. The van der Waals surface area contributed by atoms with Gasteiger partial charge < -0.3 is 10.7 Å². The first kappa shape index (κ1) is 13.1. The van der Waals surface area contributed by atoms with E-state index in [9.17, 15) is 4.79 Å². The largest absolute Gasteiger partial charge is 0.399 e. The number of nitrogens with two attached hydrogens (primary N) is 1. The van der Waals surface area contributed by atoms with Crippen LogP contribution < -0.4 is 11.3 Å². The number of benzene rings is 1. The lowest BCUT2D eigenvalue weighted by atomic mass is 10.1. The topological polar surface area (TPSA) is 89.6 Å². The Morgan fingerprint density at radius 1 is 1.29 bits per heavy atom. The second kappa shape index (κ2) is 5.24. The average Bonchev–Trinajstić information content (AvgIpc) is 2.96. The van der Waals surface area contributed by atoms with E-state index < -0.39 is 0 Å². The number of nitrogens with one attached hydrogen (secondary N) is 1. The van der Waals surface area contributed by atoms with Gasteiger partial charge in [-0.3, -0.25) is 4.79 Å². The maximum Gasteiger partial charge on any atom is 0.253 e. The van der Waals surface area contributed by atoms with Gasteiger partial charge in [0.25, 0.3) is 5.56 Å². The van der Waals surface area contributed by atoms with Crippen molar-refractivity contribution in [3.63, 3.8) is 0 Å². The molecular weight excluding hydrogens is 266 g/mol. The van der Waals surface area contributed by atoms with Gasteiger partial charge in [0.2, 0.25) is 0 Å². The van der Waals surface area contributed by atoms with Crippen LogP contribution in [0.1, 0.15) is 12.7 Å². The molecular formula is C15H15N5O. The molecule has 0 aliphatic heterocycles. The molecule has 0 saturated heterocycles. The van der Waals surface area contributed by atoms with Crippen LogP contribution in [0.5, 0.6) is 0 Å². The SMILES string of the molecule is CCc1nc(-n2cc(-c3cccc(N)c3)cn2)cc(=O)[nH]1. The zero-order chi connectivity index (χ0) is 14.8. The molecule has 0 spiro atoms. The number of aromatic nitrogens is 4. The second-order valence-corrected chi connectivity index (χ2v) is 4.70. The molecule has 3 rings (SSSR count). The van der Waals surface area contributed by atoms with E-state index in [1.807, 2.05) is 37.4 Å². The molecule has 0 atom stereocenters. The number of aromatic amines is 1. The Morgan fingerprint density at radius 3 is 2.90 bits per heavy atom. The van der Waals surface area contributed by atoms with Gasteiger partial charge in [-0.1, -0.05) is 19.1 Å². The molecule has 3 aromatic rings. The van der Waals surface area contributed by atoms with Crippen LogP contribution >= 0.6 is 0 Å². The number of anilines is 1. The van der Waals surface area contributed by atoms with Crippen molar-refractivity contribution in [2.24, 2.45) is 0 Å². The van der Waals surface area contributed by atoms with E-state index in [4.69, 9.17) is 5.73 Å². The van der Waals surface area contributed by atoms with Crippen LogP contribution in [-0.4, -0.2) is 19.7 Å². The van der Waals surface area contributed by atoms with Crippen LogP contribution in [0.3, 0.4) is 0 Å². The van der Waals surface area contributed by atoms with Gasteiger partial charge in [0.05, 0.1) is 6.20 Å². The van der Waals surface area contributed by atoms with Crippen molar-refractivity contribution in [3.05, 3.63) is 58.9 Å². The predicted molar refractivity (Wildman–Crippen MR) is 81.2 cm³/mol. The standard InChI is InChI=1S/C15H15N5O/c1-2-13-18-14(7-15(21)19-13)20-9-11(8-17-20)10-4-3-5-12(16)6-10/h3-9H,2,16H2,1H3,(H,18,19,21). The van der Waals surface area contributed by atoms with Crippen molar-refractivity contribution in [2.45, 2.75) is 13.3 Å². The van der Waals surface area contributed by atoms with Crippen LogP contribution in [0, 0.1) is 0 Å². The van der Waals surface area contributed by atoms with Gasteiger partial charge >= 0.3 is 0 Å². The molecule has 6 heteroatoms. The number of hydrogen-bond donors (Lipinski definition) is 2. The van der Waals surface area contributed by atoms with Crippen LogP contribution in [0.25, 0.3) is 16.9 Å². The minimum atomic E-state index is -0.183. The third-order valence-electron chi connectivity index (χ3n) is 3.15. The quantitative estimate of drug-likeness (QED) is 0.716. The molecule has 3 N–H and O–H groups in total. The van der Waals surface area contributed by atoms with E-state index in [0.29, 0.717) is 23.8 Å². The first-order valence-electron chi connectivity index (χ1n) is 6.67. The van der Waals surface area contributed by atoms with Gasteiger partial charge in [-0.25, -0.2) is 9.67 Å². The summed E-state index contributed by atoms with van der Waals surface area (Å²) in [6.45, 7) is 1.93. The van der Waals surface area contributed by atoms with E-state index in [1.54, 1.807) is 10.9 Å². The zero-order valence-corrected chi connectivity index (χ0v) is 11.6. The summed E-state index contributed by atoms with van der Waals surface area (Å²) >= 11 is 0. The number of aryl methyl sites for hydroxylation is 1. The fourth-order valence-electron chi connectivity index (χ4n) is 2.09. The van der Waals surface area contributed by atoms with E-state index >= 15 is 0 Å². The van der Waals surface area contributed by atoms with E-state index in [2.05, 4.69) is 15.1 Å². The van der Waals surface area contributed by atoms with Crippen LogP contribution in [0.15, 0.2) is 47.5 Å². The Balaban J connectivity index is 2.02. The molecule has 0 radical (unpaired) electrons. The predicted octanol–water partition coefficient (Wildman–Crippen LogP) is 1.77. The molecule has 0 amide bonds. The third kappa shape index (κ3) is 2.69. The number of H-pyrrole nitrogens is 1. The van der Waals surface area contributed by atoms with Gasteiger partial charge in [0.1, 0.15) is 5.82 Å². The molecule has 1 aromatic carbocycles. The van der Waals surface area contributed by atoms with Crippen molar-refractivity contribution >= 4 is 5.69 Å². The molecule has 2 aromatic heterocycles. The first-order valence-corrected chi connectivity index (χ1v) is 6.67. The monoisotopic (exact) mass is 281 g/mol. The molecule has 0 aliphatic rings. The smallest absolute Gasteiger partial charge is 0.253 e. The highest BCUT2D eigenvalue weighted by Crippen LogP contribution is 2.21. The van der Waals surface area contributed by atoms with E-state index in [-0.39, 0.29) is 5.56 Å². The Kier molecular flexibility index (Phi) is 3.27. The van der Waals surface area contributed by atoms with Crippen molar-refractivity contribution in [1.82, 2.24) is 19.7 Å². The van der Waals surface area contributed by atoms with E-state index in [1.165, 1.54) is 6.07 Å². The molecule has 0 aliphatic carbocycles. The molecule has 106 valence electrons. The molecule has 0 fully saturated rings. The van der Waals surface area contributed by atoms with Crippen molar-refractivity contribution < 1.29 is 0 Å². The molecule has 2 heterocycles. The lowest BCUT2D eigenvalue weighted by Crippen LogP contribution is -2.13. The molecule has 6 nitrogen and oxygen atoms in total. The molecule has 0 saturated carbocycles. The van der Waals surface area contributed by atoms with Crippen molar-refractivity contribution in [2.75, 3.05) is 5.73 Å². The summed E-state index contributed by atoms with van der Waals surface area (Å²) in [5.74, 6) is 1.14. The molecule has 0 unspecified atom stereocenters. The van der Waals surface area contributed by atoms with Crippen molar-refractivity contribution in [1.29, 1.82) is 0 Å². The normalized spacial score (nSPS) is 10.7. The summed E-state index contributed by atoms with van der Waals surface area (Å²) in [5, 5.41) is 4.27. The maximum atomic E-state index is 11.6. The van der Waals surface area contributed by atoms with Gasteiger partial charge in [-0.05, 0) is 17.7 Å². The second-order valence-electron chi connectivity index (χ2n) is 4.70. The minimum Gasteiger partial charge on any atom is -0.399 e. The Labute approximate surface area is 121 Å². The summed E-state index contributed by atoms with van der Waals surface area (Å²) in [4.78, 5) is 18.7. The first-order chi connectivity index (χ1) is 10.2. The fourth-order valence-corrected chi connectivity index (χ4v) is 2.09. The number of nitrogens with zero attached hydrogens (tertiary/aromatic N) is 3. The van der Waals surface area contributed by atoms with Gasteiger partial charge in [0, 0.05) is 29.9 Å². The van der Waals surface area contributed by atoms with Gasteiger partial charge in [0.15, 0.2) is 5.82 Å². The van der Waals surface area contributed by atoms with Crippen LogP contribution in [0.4, 0.5) is 5.69 Å². The third-order valence-corrected chi connectivity index (χ3v) is 3.15. The summed E-state index contributed by atoms with van der Waals surface area (Å²) in [6.07, 6.45) is 4.21.